The van der Waals surface area contributed by atoms with Gasteiger partial charge in [-0.3, -0.25) is 0 Å². The molecule has 0 N–H and O–H groups in total. The lowest BCUT2D eigenvalue weighted by Gasteiger charge is -2.30. The van der Waals surface area contributed by atoms with Crippen LogP contribution in [0.25, 0.3) is 0 Å². The summed E-state index contributed by atoms with van der Waals surface area (Å²) in [5.41, 5.74) is 0.120. The molecule has 2 aliphatic heterocycles. The number of carbonyl (C=O) groups excluding carboxylic acids is 1. The van der Waals surface area contributed by atoms with Crippen molar-refractivity contribution in [2.24, 2.45) is 0 Å². The monoisotopic (exact) mass is 437 g/mol. The third-order valence-electron chi connectivity index (χ3n) is 5.24. The molecule has 8 nitrogen and oxygen atoms in total. The maximum atomic E-state index is 13.5. The maximum absolute atomic E-state index is 13.5. The summed E-state index contributed by atoms with van der Waals surface area (Å²) < 4.78 is 38.4. The molecule has 1 atom stereocenters. The van der Waals surface area contributed by atoms with Crippen molar-refractivity contribution in [3.8, 4) is 0 Å². The number of sulfonamides is 1. The highest BCUT2D eigenvalue weighted by atomic mass is 32.2. The van der Waals surface area contributed by atoms with Crippen molar-refractivity contribution >= 4 is 33.1 Å². The van der Waals surface area contributed by atoms with Gasteiger partial charge in [0.05, 0.1) is 31.9 Å². The average molecular weight is 438 g/mol. The Balaban J connectivity index is 1.80. The number of morpholine rings is 1. The maximum Gasteiger partial charge on any atom is 0.339 e. The molecule has 2 saturated heterocycles. The van der Waals surface area contributed by atoms with Gasteiger partial charge in [0.2, 0.25) is 10.0 Å². The Morgan fingerprint density at radius 1 is 1.31 bits per heavy atom. The standard InChI is InChI=1S/C19H23N3O5S2/c1-26-19(23)14-12-17(29(24,25)21-7-9-27-10-8-21)18(20-13-14)22-6-2-4-15(22)16-5-3-11-28-16/h3,5,11-13,15H,2,4,6-10H2,1H3. The minimum Gasteiger partial charge on any atom is -0.465 e. The van der Waals surface area contributed by atoms with Crippen molar-refractivity contribution in [2.75, 3.05) is 44.9 Å². The molecule has 0 spiro atoms. The smallest absolute Gasteiger partial charge is 0.339 e. The van der Waals surface area contributed by atoms with Gasteiger partial charge in [0.1, 0.15) is 10.7 Å². The molecule has 2 fully saturated rings. The van der Waals surface area contributed by atoms with Crippen molar-refractivity contribution in [1.29, 1.82) is 0 Å². The summed E-state index contributed by atoms with van der Waals surface area (Å²) in [7, 11) is -2.58. The summed E-state index contributed by atoms with van der Waals surface area (Å²) in [6.45, 7) is 1.95. The average Bonchev–Trinajstić information content (AvgIpc) is 3.45. The molecule has 0 bridgehead atoms. The van der Waals surface area contributed by atoms with E-state index in [-0.39, 0.29) is 29.6 Å². The largest absolute Gasteiger partial charge is 0.465 e. The predicted molar refractivity (Wildman–Crippen MR) is 109 cm³/mol. The summed E-state index contributed by atoms with van der Waals surface area (Å²) in [5, 5.41) is 2.02. The van der Waals surface area contributed by atoms with Gasteiger partial charge in [0, 0.05) is 30.7 Å². The zero-order valence-electron chi connectivity index (χ0n) is 16.1. The molecule has 0 radical (unpaired) electrons. The molecular weight excluding hydrogens is 414 g/mol. The number of thiophene rings is 1. The molecule has 0 saturated carbocycles. The first kappa shape index (κ1) is 20.3. The number of ether oxygens (including phenoxy) is 2. The number of anilines is 1. The van der Waals surface area contributed by atoms with Crippen LogP contribution in [0.3, 0.4) is 0 Å². The van der Waals surface area contributed by atoms with Crippen molar-refractivity contribution < 1.29 is 22.7 Å². The molecular formula is C19H23N3O5S2. The van der Waals surface area contributed by atoms with Crippen molar-refractivity contribution in [3.05, 3.63) is 40.2 Å². The van der Waals surface area contributed by atoms with E-state index in [0.717, 1.165) is 12.8 Å². The number of aromatic nitrogens is 1. The van der Waals surface area contributed by atoms with Crippen LogP contribution in [0.4, 0.5) is 5.82 Å². The highest BCUT2D eigenvalue weighted by Crippen LogP contribution is 2.40. The van der Waals surface area contributed by atoms with E-state index in [4.69, 9.17) is 9.47 Å². The molecule has 0 aromatic carbocycles. The van der Waals surface area contributed by atoms with Gasteiger partial charge in [0.25, 0.3) is 0 Å². The molecule has 10 heteroatoms. The van der Waals surface area contributed by atoms with Gasteiger partial charge in [-0.2, -0.15) is 4.31 Å². The SMILES string of the molecule is COC(=O)c1cnc(N2CCCC2c2cccs2)c(S(=O)(=O)N2CCOCC2)c1. The third kappa shape index (κ3) is 3.89. The van der Waals surface area contributed by atoms with Crippen LogP contribution < -0.4 is 4.90 Å². The minimum absolute atomic E-state index is 0.0470. The molecule has 156 valence electrons. The van der Waals surface area contributed by atoms with E-state index in [1.807, 2.05) is 16.3 Å². The molecule has 2 aromatic heterocycles. The van der Waals surface area contributed by atoms with E-state index >= 15 is 0 Å². The summed E-state index contributed by atoms with van der Waals surface area (Å²) >= 11 is 1.65. The number of esters is 1. The lowest BCUT2D eigenvalue weighted by atomic mass is 10.2. The highest BCUT2D eigenvalue weighted by Gasteiger charge is 2.36. The van der Waals surface area contributed by atoms with Gasteiger partial charge >= 0.3 is 5.97 Å². The minimum atomic E-state index is -3.84. The number of hydrogen-bond donors (Lipinski definition) is 0. The topological polar surface area (TPSA) is 89.0 Å². The van der Waals surface area contributed by atoms with E-state index < -0.39 is 16.0 Å². The fourth-order valence-corrected chi connectivity index (χ4v) is 6.25. The Morgan fingerprint density at radius 2 is 2.10 bits per heavy atom. The number of nitrogens with zero attached hydrogens (tertiary/aromatic N) is 3. The van der Waals surface area contributed by atoms with Crippen molar-refractivity contribution in [2.45, 2.75) is 23.8 Å². The summed E-state index contributed by atoms with van der Waals surface area (Å²) in [6.07, 6.45) is 3.27. The van der Waals surface area contributed by atoms with E-state index in [1.165, 1.54) is 28.6 Å². The Bertz CT molecular complexity index is 972. The molecule has 4 heterocycles. The molecule has 29 heavy (non-hydrogen) atoms. The summed E-state index contributed by atoms with van der Waals surface area (Å²) in [4.78, 5) is 19.8. The number of carbonyl (C=O) groups is 1. The van der Waals surface area contributed by atoms with Crippen LogP contribution in [0.1, 0.15) is 34.1 Å². The van der Waals surface area contributed by atoms with Gasteiger partial charge in [-0.25, -0.2) is 18.2 Å². The number of pyridine rings is 1. The van der Waals surface area contributed by atoms with Crippen LogP contribution in [0.15, 0.2) is 34.7 Å². The fraction of sp³-hybridized carbons (Fsp3) is 0.474. The molecule has 4 rings (SSSR count). The second kappa shape index (κ2) is 8.39. The van der Waals surface area contributed by atoms with Crippen LogP contribution in [0.2, 0.25) is 0 Å². The van der Waals surface area contributed by atoms with Crippen molar-refractivity contribution in [1.82, 2.24) is 9.29 Å². The first-order valence-corrected chi connectivity index (χ1v) is 11.8. The lowest BCUT2D eigenvalue weighted by Crippen LogP contribution is -2.41. The van der Waals surface area contributed by atoms with Crippen LogP contribution in [0.5, 0.6) is 0 Å². The van der Waals surface area contributed by atoms with Gasteiger partial charge in [-0.15, -0.1) is 11.3 Å². The molecule has 2 aliphatic rings. The zero-order chi connectivity index (χ0) is 20.4. The quantitative estimate of drug-likeness (QED) is 0.663. The summed E-state index contributed by atoms with van der Waals surface area (Å²) in [5.74, 6) is -0.223. The van der Waals surface area contributed by atoms with Crippen LogP contribution >= 0.6 is 11.3 Å². The molecule has 1 unspecified atom stereocenters. The number of rotatable bonds is 5. The van der Waals surface area contributed by atoms with Crippen molar-refractivity contribution in [3.63, 3.8) is 0 Å². The van der Waals surface area contributed by atoms with E-state index in [9.17, 15) is 13.2 Å². The Morgan fingerprint density at radius 3 is 2.79 bits per heavy atom. The number of methoxy groups -OCH3 is 1. The predicted octanol–water partition coefficient (Wildman–Crippen LogP) is 2.29. The first-order valence-electron chi connectivity index (χ1n) is 9.48. The van der Waals surface area contributed by atoms with E-state index in [2.05, 4.69) is 11.1 Å². The van der Waals surface area contributed by atoms with E-state index in [1.54, 1.807) is 11.3 Å². The zero-order valence-corrected chi connectivity index (χ0v) is 17.7. The van der Waals surface area contributed by atoms with E-state index in [0.29, 0.717) is 25.6 Å². The third-order valence-corrected chi connectivity index (χ3v) is 8.11. The van der Waals surface area contributed by atoms with Crippen LogP contribution in [-0.2, 0) is 19.5 Å². The molecule has 0 amide bonds. The fourth-order valence-electron chi connectivity index (χ4n) is 3.80. The normalized spacial score (nSPS) is 20.7. The van der Waals surface area contributed by atoms with Crippen LogP contribution in [-0.4, -0.2) is 63.6 Å². The first-order chi connectivity index (χ1) is 14.0. The van der Waals surface area contributed by atoms with Crippen LogP contribution in [0, 0.1) is 0 Å². The Labute approximate surface area is 174 Å². The van der Waals surface area contributed by atoms with Gasteiger partial charge in [-0.05, 0) is 30.4 Å². The summed E-state index contributed by atoms with van der Waals surface area (Å²) in [6, 6.07) is 5.52. The lowest BCUT2D eigenvalue weighted by molar-refractivity contribution is 0.0600. The van der Waals surface area contributed by atoms with Gasteiger partial charge < -0.3 is 14.4 Å². The number of hydrogen-bond acceptors (Lipinski definition) is 8. The van der Waals surface area contributed by atoms with Gasteiger partial charge in [0.15, 0.2) is 0 Å². The second-order valence-corrected chi connectivity index (χ2v) is 9.81. The second-order valence-electron chi connectivity index (χ2n) is 6.92. The highest BCUT2D eigenvalue weighted by molar-refractivity contribution is 7.89. The molecule has 0 aliphatic carbocycles. The molecule has 2 aromatic rings. The Kier molecular flexibility index (Phi) is 5.86. The van der Waals surface area contributed by atoms with Gasteiger partial charge in [-0.1, -0.05) is 6.07 Å². The Hall–Kier alpha value is -2.01.